The summed E-state index contributed by atoms with van der Waals surface area (Å²) in [6, 6.07) is 21.6. The van der Waals surface area contributed by atoms with Gasteiger partial charge < -0.3 is 4.42 Å². The van der Waals surface area contributed by atoms with Gasteiger partial charge in [0.2, 0.25) is 0 Å². The van der Waals surface area contributed by atoms with Crippen molar-refractivity contribution in [3.05, 3.63) is 119 Å². The number of hydrogen-bond acceptors (Lipinski definition) is 1. The molecule has 2 aromatic carbocycles. The third-order valence-corrected chi connectivity index (χ3v) is 7.94. The van der Waals surface area contributed by atoms with E-state index in [0.717, 1.165) is 14.3 Å². The lowest BCUT2D eigenvalue weighted by atomic mass is 9.81. The van der Waals surface area contributed by atoms with E-state index in [1.165, 1.54) is 38.7 Å². The molecule has 0 saturated carbocycles. The molecule has 2 heterocycles. The Hall–Kier alpha value is -2.89. The highest BCUT2D eigenvalue weighted by molar-refractivity contribution is 7.46. The molecule has 3 unspecified atom stereocenters. The van der Waals surface area contributed by atoms with E-state index in [0.29, 0.717) is 5.92 Å². The van der Waals surface area contributed by atoms with Crippen LogP contribution in [0.15, 0.2) is 107 Å². The largest absolute Gasteiger partial charge is 0.465 e. The first-order valence-electron chi connectivity index (χ1n) is 10.1. The molecular formula is C27H21OP. The highest BCUT2D eigenvalue weighted by Gasteiger charge is 2.45. The Labute approximate surface area is 172 Å². The second kappa shape index (κ2) is 6.31. The standard InChI is InChI=1S/C27H21OP/c1-27(17-20-9-5-11-25(20)29-27)26-22-13-12-19(18-7-3-2-4-8-18)15-21(22)16-23(26)24-10-6-14-28-24/h2-17,26,29H,1H3. The molecule has 0 radical (unpaired) electrons. The van der Waals surface area contributed by atoms with Crippen LogP contribution >= 0.6 is 8.58 Å². The lowest BCUT2D eigenvalue weighted by molar-refractivity contribution is 0.544. The Morgan fingerprint density at radius 3 is 2.66 bits per heavy atom. The van der Waals surface area contributed by atoms with Crippen LogP contribution < -0.4 is 0 Å². The summed E-state index contributed by atoms with van der Waals surface area (Å²) in [6.07, 6.45) is 13.3. The van der Waals surface area contributed by atoms with Gasteiger partial charge in [0.1, 0.15) is 5.76 Å². The number of fused-ring (bicyclic) bond motifs is 2. The summed E-state index contributed by atoms with van der Waals surface area (Å²) in [7, 11) is 0.767. The molecule has 6 rings (SSSR count). The first-order chi connectivity index (χ1) is 14.2. The van der Waals surface area contributed by atoms with Gasteiger partial charge in [-0.05, 0) is 57.4 Å². The van der Waals surface area contributed by atoms with Crippen molar-refractivity contribution in [1.82, 2.24) is 0 Å². The van der Waals surface area contributed by atoms with Crippen molar-refractivity contribution in [2.45, 2.75) is 18.0 Å². The average Bonchev–Trinajstić information content (AvgIpc) is 3.50. The van der Waals surface area contributed by atoms with Crippen LogP contribution in [-0.4, -0.2) is 5.16 Å². The minimum absolute atomic E-state index is 0.0735. The van der Waals surface area contributed by atoms with Gasteiger partial charge >= 0.3 is 0 Å². The first kappa shape index (κ1) is 17.0. The first-order valence-corrected chi connectivity index (χ1v) is 11.1. The Morgan fingerprint density at radius 2 is 1.86 bits per heavy atom. The highest BCUT2D eigenvalue weighted by Crippen LogP contribution is 2.63. The summed E-state index contributed by atoms with van der Waals surface area (Å²) in [4.78, 5) is 0. The summed E-state index contributed by atoms with van der Waals surface area (Å²) >= 11 is 0. The molecule has 0 amide bonds. The second-order valence-corrected chi connectivity index (χ2v) is 10.0. The fourth-order valence-corrected chi connectivity index (χ4v) is 6.71. The average molecular weight is 392 g/mol. The van der Waals surface area contributed by atoms with Crippen molar-refractivity contribution >= 4 is 20.2 Å². The van der Waals surface area contributed by atoms with Crippen molar-refractivity contribution < 1.29 is 4.42 Å². The molecule has 3 aliphatic rings. The van der Waals surface area contributed by atoms with Crippen LogP contribution in [0.3, 0.4) is 0 Å². The summed E-state index contributed by atoms with van der Waals surface area (Å²) in [5.41, 5.74) is 7.94. The van der Waals surface area contributed by atoms with Gasteiger partial charge in [0.05, 0.1) is 6.26 Å². The molecule has 0 bridgehead atoms. The molecule has 0 saturated heterocycles. The third-order valence-electron chi connectivity index (χ3n) is 6.24. The molecule has 3 aromatic rings. The van der Waals surface area contributed by atoms with E-state index in [4.69, 9.17) is 4.42 Å². The molecule has 29 heavy (non-hydrogen) atoms. The summed E-state index contributed by atoms with van der Waals surface area (Å²) < 4.78 is 5.88. The minimum Gasteiger partial charge on any atom is -0.465 e. The SMILES string of the molecule is CC1(C2C(c3ccco3)=Cc3cc(-c4ccccc4)ccc32)C=C2C=CC=C2P1. The van der Waals surface area contributed by atoms with Gasteiger partial charge in [-0.3, -0.25) is 0 Å². The Balaban J connectivity index is 1.50. The molecule has 0 spiro atoms. The lowest BCUT2D eigenvalue weighted by Gasteiger charge is -2.32. The number of hydrogen-bond donors (Lipinski definition) is 0. The van der Waals surface area contributed by atoms with Crippen LogP contribution in [0, 0.1) is 0 Å². The molecule has 0 fully saturated rings. The maximum Gasteiger partial charge on any atom is 0.130 e. The van der Waals surface area contributed by atoms with E-state index in [2.05, 4.69) is 91.9 Å². The summed E-state index contributed by atoms with van der Waals surface area (Å²) in [6.45, 7) is 2.41. The van der Waals surface area contributed by atoms with E-state index < -0.39 is 0 Å². The quantitative estimate of drug-likeness (QED) is 0.423. The van der Waals surface area contributed by atoms with Crippen LogP contribution in [0.25, 0.3) is 22.8 Å². The fraction of sp³-hybridized carbons (Fsp3) is 0.111. The van der Waals surface area contributed by atoms with E-state index in [1.54, 1.807) is 6.26 Å². The van der Waals surface area contributed by atoms with Gasteiger partial charge in [0, 0.05) is 16.6 Å². The van der Waals surface area contributed by atoms with Crippen LogP contribution in [0.2, 0.25) is 0 Å². The lowest BCUT2D eigenvalue weighted by Crippen LogP contribution is -2.24. The van der Waals surface area contributed by atoms with Crippen LogP contribution in [0.4, 0.5) is 0 Å². The monoisotopic (exact) mass is 392 g/mol. The Morgan fingerprint density at radius 1 is 0.966 bits per heavy atom. The fourth-order valence-electron chi connectivity index (χ4n) is 4.97. The van der Waals surface area contributed by atoms with Crippen LogP contribution in [0.1, 0.15) is 29.7 Å². The van der Waals surface area contributed by atoms with Crippen LogP contribution in [-0.2, 0) is 0 Å². The van der Waals surface area contributed by atoms with Gasteiger partial charge in [-0.1, -0.05) is 82.3 Å². The van der Waals surface area contributed by atoms with Crippen molar-refractivity contribution in [3.8, 4) is 11.1 Å². The second-order valence-electron chi connectivity index (χ2n) is 8.17. The molecule has 0 N–H and O–H groups in total. The third kappa shape index (κ3) is 2.65. The number of furan rings is 1. The normalized spacial score (nSPS) is 25.0. The Bertz CT molecular complexity index is 1220. The van der Waals surface area contributed by atoms with Gasteiger partial charge in [-0.2, -0.15) is 0 Å². The summed E-state index contributed by atoms with van der Waals surface area (Å²) in [5, 5.41) is 1.56. The molecule has 2 aliphatic carbocycles. The maximum atomic E-state index is 5.88. The molecule has 1 nitrogen and oxygen atoms in total. The van der Waals surface area contributed by atoms with Crippen molar-refractivity contribution in [2.75, 3.05) is 0 Å². The Kier molecular flexibility index (Phi) is 3.70. The molecule has 1 aliphatic heterocycles. The van der Waals surface area contributed by atoms with Gasteiger partial charge in [0.15, 0.2) is 0 Å². The number of benzene rings is 2. The summed E-state index contributed by atoms with van der Waals surface area (Å²) in [5.74, 6) is 1.29. The number of rotatable bonds is 3. The van der Waals surface area contributed by atoms with E-state index >= 15 is 0 Å². The van der Waals surface area contributed by atoms with Crippen molar-refractivity contribution in [1.29, 1.82) is 0 Å². The topological polar surface area (TPSA) is 13.1 Å². The predicted molar refractivity (Wildman–Crippen MR) is 123 cm³/mol. The molecule has 2 heteroatoms. The van der Waals surface area contributed by atoms with Crippen molar-refractivity contribution in [2.24, 2.45) is 0 Å². The molecule has 3 atom stereocenters. The molecule has 1 aromatic heterocycles. The van der Waals surface area contributed by atoms with Gasteiger partial charge in [0.25, 0.3) is 0 Å². The molecular weight excluding hydrogens is 371 g/mol. The highest BCUT2D eigenvalue weighted by atomic mass is 31.1. The van der Waals surface area contributed by atoms with E-state index in [9.17, 15) is 0 Å². The minimum atomic E-state index is 0.0735. The van der Waals surface area contributed by atoms with Gasteiger partial charge in [-0.15, -0.1) is 0 Å². The maximum absolute atomic E-state index is 5.88. The van der Waals surface area contributed by atoms with Crippen molar-refractivity contribution in [3.63, 3.8) is 0 Å². The zero-order chi connectivity index (χ0) is 19.4. The zero-order valence-electron chi connectivity index (χ0n) is 16.2. The number of allylic oxidation sites excluding steroid dienone is 7. The van der Waals surface area contributed by atoms with Gasteiger partial charge in [-0.25, -0.2) is 0 Å². The van der Waals surface area contributed by atoms with E-state index in [-0.39, 0.29) is 5.16 Å². The predicted octanol–water partition coefficient (Wildman–Crippen LogP) is 7.42. The van der Waals surface area contributed by atoms with Crippen LogP contribution in [0.5, 0.6) is 0 Å². The van der Waals surface area contributed by atoms with E-state index in [1.807, 2.05) is 6.07 Å². The smallest absolute Gasteiger partial charge is 0.130 e. The zero-order valence-corrected chi connectivity index (χ0v) is 17.2. The molecule has 140 valence electrons.